The highest BCUT2D eigenvalue weighted by molar-refractivity contribution is 9.10. The van der Waals surface area contributed by atoms with Crippen LogP contribution in [-0.2, 0) is 12.4 Å². The summed E-state index contributed by atoms with van der Waals surface area (Å²) in [6.45, 7) is 0. The topological polar surface area (TPSA) is 98.0 Å². The fourth-order valence-corrected chi connectivity index (χ4v) is 1.88. The fraction of sp³-hybridized carbons (Fsp3) is 0.182. The van der Waals surface area contributed by atoms with Crippen LogP contribution in [0.15, 0.2) is 21.7 Å². The van der Waals surface area contributed by atoms with Crippen molar-refractivity contribution in [2.75, 3.05) is 5.43 Å². The van der Waals surface area contributed by atoms with Gasteiger partial charge in [0.15, 0.2) is 5.84 Å². The van der Waals surface area contributed by atoms with E-state index in [0.717, 1.165) is 0 Å². The summed E-state index contributed by atoms with van der Waals surface area (Å²) in [5, 5.41) is 18.8. The highest BCUT2D eigenvalue weighted by Crippen LogP contribution is 2.42. The maximum atomic E-state index is 12.8. The summed E-state index contributed by atoms with van der Waals surface area (Å²) in [5.74, 6) is -0.806. The summed E-state index contributed by atoms with van der Waals surface area (Å²) in [4.78, 5) is 0. The maximum absolute atomic E-state index is 12.8. The van der Waals surface area contributed by atoms with E-state index in [1.54, 1.807) is 0 Å². The number of nitrogens with zero attached hydrogens (tertiary/aromatic N) is 2. The van der Waals surface area contributed by atoms with Crippen LogP contribution in [0.1, 0.15) is 11.1 Å². The van der Waals surface area contributed by atoms with Crippen LogP contribution >= 0.6 is 15.9 Å². The molecule has 0 heterocycles. The first-order valence-corrected chi connectivity index (χ1v) is 6.23. The van der Waals surface area contributed by atoms with E-state index in [0.29, 0.717) is 6.07 Å². The maximum Gasteiger partial charge on any atom is 0.417 e. The van der Waals surface area contributed by atoms with Crippen molar-refractivity contribution < 1.29 is 26.3 Å². The molecule has 0 aliphatic heterocycles. The first kappa shape index (κ1) is 18.8. The zero-order chi connectivity index (χ0) is 18.0. The number of alkyl halides is 6. The van der Waals surface area contributed by atoms with Crippen molar-refractivity contribution in [1.82, 2.24) is 0 Å². The largest absolute Gasteiger partial charge is 0.417 e. The van der Waals surface area contributed by atoms with Crippen molar-refractivity contribution in [1.29, 1.82) is 10.7 Å². The Morgan fingerprint density at radius 3 is 2.17 bits per heavy atom. The SMILES string of the molecule is N#C/C(=N\Nc1cc(C(F)(F)F)cc(C(F)(F)F)c1Br)C(=N)N. The second-order valence-electron chi connectivity index (χ2n) is 3.98. The molecular formula is C11H6BrF6N5. The van der Waals surface area contributed by atoms with Gasteiger partial charge in [-0.2, -0.15) is 36.7 Å². The summed E-state index contributed by atoms with van der Waals surface area (Å²) in [6, 6.07) is 1.67. The van der Waals surface area contributed by atoms with Crippen LogP contribution in [0.5, 0.6) is 0 Å². The minimum Gasteiger partial charge on any atom is -0.382 e. The highest BCUT2D eigenvalue weighted by atomic mass is 79.9. The molecule has 1 aromatic rings. The molecule has 0 aliphatic carbocycles. The Balaban J connectivity index is 3.48. The number of anilines is 1. The van der Waals surface area contributed by atoms with Crippen molar-refractivity contribution in [3.8, 4) is 6.07 Å². The molecule has 0 unspecified atom stereocenters. The molecular weight excluding hydrogens is 396 g/mol. The van der Waals surface area contributed by atoms with Gasteiger partial charge < -0.3 is 5.73 Å². The Labute approximate surface area is 133 Å². The van der Waals surface area contributed by atoms with Crippen molar-refractivity contribution in [3.63, 3.8) is 0 Å². The number of hydrazone groups is 1. The Morgan fingerprint density at radius 2 is 1.78 bits per heavy atom. The number of hydrogen-bond acceptors (Lipinski definition) is 4. The van der Waals surface area contributed by atoms with Crippen LogP contribution in [0.3, 0.4) is 0 Å². The number of halogens is 7. The van der Waals surface area contributed by atoms with E-state index >= 15 is 0 Å². The first-order valence-electron chi connectivity index (χ1n) is 5.44. The van der Waals surface area contributed by atoms with Crippen LogP contribution in [0.2, 0.25) is 0 Å². The molecule has 0 bridgehead atoms. The molecule has 0 amide bonds. The zero-order valence-electron chi connectivity index (χ0n) is 10.8. The minimum absolute atomic E-state index is 0.0604. The van der Waals surface area contributed by atoms with Gasteiger partial charge in [-0.1, -0.05) is 0 Å². The van der Waals surface area contributed by atoms with Gasteiger partial charge in [-0.3, -0.25) is 10.8 Å². The lowest BCUT2D eigenvalue weighted by atomic mass is 10.1. The van der Waals surface area contributed by atoms with Gasteiger partial charge in [-0.25, -0.2) is 0 Å². The van der Waals surface area contributed by atoms with Crippen LogP contribution < -0.4 is 11.2 Å². The summed E-state index contributed by atoms with van der Waals surface area (Å²) in [5.41, 5.74) is 2.29. The summed E-state index contributed by atoms with van der Waals surface area (Å²) < 4.78 is 75.9. The highest BCUT2D eigenvalue weighted by Gasteiger charge is 2.39. The Morgan fingerprint density at radius 1 is 1.22 bits per heavy atom. The molecule has 0 spiro atoms. The normalized spacial score (nSPS) is 12.7. The van der Waals surface area contributed by atoms with E-state index in [4.69, 9.17) is 16.4 Å². The molecule has 5 nitrogen and oxygen atoms in total. The van der Waals surface area contributed by atoms with E-state index < -0.39 is 45.2 Å². The van der Waals surface area contributed by atoms with E-state index in [2.05, 4.69) is 21.0 Å². The van der Waals surface area contributed by atoms with Gasteiger partial charge in [0.05, 0.1) is 21.3 Å². The number of hydrogen-bond donors (Lipinski definition) is 3. The minimum atomic E-state index is -5.06. The van der Waals surface area contributed by atoms with E-state index in [1.807, 2.05) is 5.43 Å². The molecule has 0 aromatic heterocycles. The molecule has 1 aromatic carbocycles. The lowest BCUT2D eigenvalue weighted by Crippen LogP contribution is -2.22. The number of benzene rings is 1. The van der Waals surface area contributed by atoms with Gasteiger partial charge in [-0.15, -0.1) is 0 Å². The third kappa shape index (κ3) is 4.59. The number of amidine groups is 1. The molecule has 0 radical (unpaired) electrons. The monoisotopic (exact) mass is 401 g/mol. The summed E-state index contributed by atoms with van der Waals surface area (Å²) >= 11 is 2.54. The Bertz CT molecular complexity index is 701. The zero-order valence-corrected chi connectivity index (χ0v) is 12.4. The quantitative estimate of drug-likeness (QED) is 0.311. The molecule has 124 valence electrons. The van der Waals surface area contributed by atoms with Gasteiger partial charge in [0, 0.05) is 0 Å². The van der Waals surface area contributed by atoms with E-state index in [-0.39, 0.29) is 6.07 Å². The van der Waals surface area contributed by atoms with Gasteiger partial charge in [-0.05, 0) is 28.1 Å². The lowest BCUT2D eigenvalue weighted by molar-refractivity contribution is -0.143. The first-order chi connectivity index (χ1) is 10.4. The number of rotatable bonds is 3. The van der Waals surface area contributed by atoms with Gasteiger partial charge >= 0.3 is 12.4 Å². The molecule has 23 heavy (non-hydrogen) atoms. The smallest absolute Gasteiger partial charge is 0.382 e. The average Bonchev–Trinajstić information content (AvgIpc) is 2.37. The summed E-state index contributed by atoms with van der Waals surface area (Å²) in [7, 11) is 0. The Hall–Kier alpha value is -2.29. The molecule has 0 aliphatic rings. The molecule has 1 rings (SSSR count). The van der Waals surface area contributed by atoms with Crippen molar-refractivity contribution in [3.05, 3.63) is 27.7 Å². The summed E-state index contributed by atoms with van der Waals surface area (Å²) in [6.07, 6.45) is -10.1. The van der Waals surface area contributed by atoms with Crippen LogP contribution in [-0.4, -0.2) is 11.5 Å². The molecule has 0 fully saturated rings. The van der Waals surface area contributed by atoms with Crippen molar-refractivity contribution in [2.45, 2.75) is 12.4 Å². The van der Waals surface area contributed by atoms with Gasteiger partial charge in [0.25, 0.3) is 0 Å². The lowest BCUT2D eigenvalue weighted by Gasteiger charge is -2.16. The second kappa shape index (κ2) is 6.45. The van der Waals surface area contributed by atoms with Gasteiger partial charge in [0.1, 0.15) is 6.07 Å². The van der Waals surface area contributed by atoms with Crippen LogP contribution in [0.4, 0.5) is 32.0 Å². The molecule has 0 saturated heterocycles. The van der Waals surface area contributed by atoms with E-state index in [1.165, 1.54) is 6.07 Å². The molecule has 12 heteroatoms. The third-order valence-electron chi connectivity index (χ3n) is 2.35. The predicted octanol–water partition coefficient (Wildman–Crippen LogP) is 3.71. The van der Waals surface area contributed by atoms with Crippen molar-refractivity contribution >= 4 is 33.2 Å². The van der Waals surface area contributed by atoms with Crippen molar-refractivity contribution in [2.24, 2.45) is 10.8 Å². The predicted molar refractivity (Wildman–Crippen MR) is 72.7 cm³/mol. The second-order valence-corrected chi connectivity index (χ2v) is 4.77. The third-order valence-corrected chi connectivity index (χ3v) is 3.21. The molecule has 0 saturated carbocycles. The fourth-order valence-electron chi connectivity index (χ4n) is 1.34. The standard InChI is InChI=1S/C11H6BrF6N5/c12-8-5(11(16,17)18)1-4(10(13,14)15)2-6(8)22-23-7(3-19)9(20)21/h1-2,22H,(H3,20,21)/b23-7+. The average molecular weight is 402 g/mol. The van der Waals surface area contributed by atoms with Crippen LogP contribution in [0, 0.1) is 16.7 Å². The molecule has 4 N–H and O–H groups in total. The number of nitrogens with two attached hydrogens (primary N) is 1. The van der Waals surface area contributed by atoms with Crippen LogP contribution in [0.25, 0.3) is 0 Å². The number of nitriles is 1. The Kier molecular flexibility index (Phi) is 5.26. The van der Waals surface area contributed by atoms with E-state index in [9.17, 15) is 26.3 Å². The van der Waals surface area contributed by atoms with Gasteiger partial charge in [0.2, 0.25) is 5.71 Å². The number of nitrogens with one attached hydrogen (secondary N) is 2. The molecule has 0 atom stereocenters.